The molecule has 0 bridgehead atoms. The van der Waals surface area contributed by atoms with E-state index in [-0.39, 0.29) is 16.4 Å². The molecule has 8 heteroatoms. The van der Waals surface area contributed by atoms with Gasteiger partial charge < -0.3 is 9.64 Å². The molecule has 0 atom stereocenters. The van der Waals surface area contributed by atoms with Gasteiger partial charge in [0.25, 0.3) is 5.91 Å². The van der Waals surface area contributed by atoms with E-state index in [0.717, 1.165) is 19.3 Å². The van der Waals surface area contributed by atoms with Crippen LogP contribution in [0.1, 0.15) is 57.3 Å². The number of hydrogen-bond acceptors (Lipinski definition) is 5. The Hall–Kier alpha value is -1.93. The number of hydrogen-bond donors (Lipinski definition) is 0. The number of sulfonamides is 1. The molecule has 0 radical (unpaired) electrons. The first kappa shape index (κ1) is 24.3. The molecular weight excluding hydrogens is 404 g/mol. The quantitative estimate of drug-likeness (QED) is 0.553. The lowest BCUT2D eigenvalue weighted by Crippen LogP contribution is -2.39. The fourth-order valence-corrected chi connectivity index (χ4v) is 5.26. The zero-order valence-electron chi connectivity index (χ0n) is 18.5. The highest BCUT2D eigenvalue weighted by Gasteiger charge is 2.30. The van der Waals surface area contributed by atoms with E-state index in [1.54, 1.807) is 17.0 Å². The average Bonchev–Trinajstić information content (AvgIpc) is 2.71. The largest absolute Gasteiger partial charge is 0.452 e. The second-order valence-corrected chi connectivity index (χ2v) is 10.5. The van der Waals surface area contributed by atoms with E-state index in [1.807, 2.05) is 27.7 Å². The molecule has 30 heavy (non-hydrogen) atoms. The molecular formula is C22H34N2O5S. The van der Waals surface area contributed by atoms with Gasteiger partial charge in [0.15, 0.2) is 6.61 Å². The van der Waals surface area contributed by atoms with Crippen molar-refractivity contribution in [3.05, 3.63) is 29.8 Å². The lowest BCUT2D eigenvalue weighted by Gasteiger charge is -2.27. The van der Waals surface area contributed by atoms with Gasteiger partial charge in [0.1, 0.15) is 0 Å². The fourth-order valence-electron chi connectivity index (χ4n) is 3.56. The molecule has 1 fully saturated rings. The molecule has 1 aliphatic heterocycles. The highest BCUT2D eigenvalue weighted by atomic mass is 32.2. The van der Waals surface area contributed by atoms with Crippen molar-refractivity contribution in [3.63, 3.8) is 0 Å². The minimum absolute atomic E-state index is 0.0323. The molecule has 1 aromatic carbocycles. The molecule has 0 N–H and O–H groups in total. The normalized spacial score (nSPS) is 15.4. The summed E-state index contributed by atoms with van der Waals surface area (Å²) >= 11 is 0. The molecule has 0 aromatic heterocycles. The number of amides is 1. The van der Waals surface area contributed by atoms with Crippen molar-refractivity contribution in [2.75, 3.05) is 32.8 Å². The third kappa shape index (κ3) is 6.54. The van der Waals surface area contributed by atoms with Crippen LogP contribution in [0.4, 0.5) is 0 Å². The Bertz CT molecular complexity index is 820. The van der Waals surface area contributed by atoms with Gasteiger partial charge in [-0.05, 0) is 36.8 Å². The SMILES string of the molecule is CC(C)CN(CC(C)C)C(=O)COC(=O)c1ccccc1S(=O)(=O)N1CCCCC1. The van der Waals surface area contributed by atoms with Crippen molar-refractivity contribution in [2.24, 2.45) is 11.8 Å². The summed E-state index contributed by atoms with van der Waals surface area (Å²) in [5.74, 6) is -0.492. The Labute approximate surface area is 180 Å². The number of carbonyl (C=O) groups excluding carboxylic acids is 2. The predicted octanol–water partition coefficient (Wildman–Crippen LogP) is 3.16. The highest BCUT2D eigenvalue weighted by Crippen LogP contribution is 2.24. The van der Waals surface area contributed by atoms with Gasteiger partial charge in [0.2, 0.25) is 10.0 Å². The van der Waals surface area contributed by atoms with Crippen molar-refractivity contribution >= 4 is 21.9 Å². The first-order chi connectivity index (χ1) is 14.1. The van der Waals surface area contributed by atoms with Gasteiger partial charge in [-0.15, -0.1) is 0 Å². The molecule has 1 amide bonds. The van der Waals surface area contributed by atoms with Crippen molar-refractivity contribution in [1.29, 1.82) is 0 Å². The molecule has 7 nitrogen and oxygen atoms in total. The Kier molecular flexibility index (Phi) is 8.85. The number of rotatable bonds is 9. The molecule has 1 heterocycles. The van der Waals surface area contributed by atoms with E-state index in [9.17, 15) is 18.0 Å². The van der Waals surface area contributed by atoms with Gasteiger partial charge in [-0.2, -0.15) is 4.31 Å². The van der Waals surface area contributed by atoms with Crippen LogP contribution in [0.15, 0.2) is 29.2 Å². The summed E-state index contributed by atoms with van der Waals surface area (Å²) in [6, 6.07) is 6.04. The summed E-state index contributed by atoms with van der Waals surface area (Å²) in [4.78, 5) is 26.9. The standard InChI is InChI=1S/C22H34N2O5S/c1-17(2)14-23(15-18(3)4)21(25)16-29-22(26)19-10-6-7-11-20(19)30(27,28)24-12-8-5-9-13-24/h6-7,10-11,17-18H,5,8-9,12-16H2,1-4H3. The second kappa shape index (κ2) is 10.9. The zero-order chi connectivity index (χ0) is 22.3. The van der Waals surface area contributed by atoms with Crippen LogP contribution in [-0.2, 0) is 19.6 Å². The van der Waals surface area contributed by atoms with Crippen LogP contribution in [0.5, 0.6) is 0 Å². The summed E-state index contributed by atoms with van der Waals surface area (Å²) in [5.41, 5.74) is -0.0323. The molecule has 1 aliphatic rings. The van der Waals surface area contributed by atoms with Crippen molar-refractivity contribution in [3.8, 4) is 0 Å². The molecule has 1 saturated heterocycles. The molecule has 2 rings (SSSR count). The number of esters is 1. The summed E-state index contributed by atoms with van der Waals surface area (Å²) < 4.78 is 32.8. The number of carbonyl (C=O) groups is 2. The minimum atomic E-state index is -3.79. The van der Waals surface area contributed by atoms with Crippen LogP contribution < -0.4 is 0 Å². The van der Waals surface area contributed by atoms with Gasteiger partial charge >= 0.3 is 5.97 Å². The van der Waals surface area contributed by atoms with Crippen molar-refractivity contribution in [2.45, 2.75) is 51.9 Å². The van der Waals surface area contributed by atoms with Gasteiger partial charge in [-0.25, -0.2) is 13.2 Å². The van der Waals surface area contributed by atoms with Gasteiger partial charge in [0, 0.05) is 26.2 Å². The van der Waals surface area contributed by atoms with E-state index >= 15 is 0 Å². The monoisotopic (exact) mass is 438 g/mol. The smallest absolute Gasteiger partial charge is 0.340 e. The lowest BCUT2D eigenvalue weighted by molar-refractivity contribution is -0.135. The molecule has 0 unspecified atom stereocenters. The zero-order valence-corrected chi connectivity index (χ0v) is 19.3. The van der Waals surface area contributed by atoms with Crippen LogP contribution in [0, 0.1) is 11.8 Å². The van der Waals surface area contributed by atoms with E-state index in [4.69, 9.17) is 4.74 Å². The number of piperidine rings is 1. The minimum Gasteiger partial charge on any atom is -0.452 e. The third-order valence-electron chi connectivity index (χ3n) is 4.89. The van der Waals surface area contributed by atoms with Crippen molar-refractivity contribution < 1.29 is 22.7 Å². The summed E-state index contributed by atoms with van der Waals surface area (Å²) in [6.07, 6.45) is 2.62. The highest BCUT2D eigenvalue weighted by molar-refractivity contribution is 7.89. The van der Waals surface area contributed by atoms with Gasteiger partial charge in [-0.3, -0.25) is 4.79 Å². The second-order valence-electron chi connectivity index (χ2n) is 8.62. The van der Waals surface area contributed by atoms with Crippen LogP contribution in [-0.4, -0.2) is 62.3 Å². The maximum atomic E-state index is 13.0. The Morgan fingerprint density at radius 2 is 1.57 bits per heavy atom. The van der Waals surface area contributed by atoms with Crippen LogP contribution >= 0.6 is 0 Å². The summed E-state index contributed by atoms with van der Waals surface area (Å²) in [5, 5.41) is 0. The molecule has 1 aromatic rings. The summed E-state index contributed by atoms with van der Waals surface area (Å²) in [7, 11) is -3.79. The van der Waals surface area contributed by atoms with Crippen LogP contribution in [0.3, 0.4) is 0 Å². The Morgan fingerprint density at radius 1 is 1.00 bits per heavy atom. The van der Waals surface area contributed by atoms with Gasteiger partial charge in [-0.1, -0.05) is 46.2 Å². The number of benzene rings is 1. The van der Waals surface area contributed by atoms with E-state index in [2.05, 4.69) is 0 Å². The van der Waals surface area contributed by atoms with Crippen LogP contribution in [0.2, 0.25) is 0 Å². The summed E-state index contributed by atoms with van der Waals surface area (Å²) in [6.45, 7) is 9.73. The predicted molar refractivity (Wildman–Crippen MR) is 116 cm³/mol. The van der Waals surface area contributed by atoms with Crippen molar-refractivity contribution in [1.82, 2.24) is 9.21 Å². The lowest BCUT2D eigenvalue weighted by atomic mass is 10.1. The number of nitrogens with zero attached hydrogens (tertiary/aromatic N) is 2. The molecule has 0 spiro atoms. The van der Waals surface area contributed by atoms with Gasteiger partial charge in [0.05, 0.1) is 10.5 Å². The maximum absolute atomic E-state index is 13.0. The Morgan fingerprint density at radius 3 is 2.13 bits per heavy atom. The van der Waals surface area contributed by atoms with E-state index in [0.29, 0.717) is 38.0 Å². The topological polar surface area (TPSA) is 84.0 Å². The van der Waals surface area contributed by atoms with Crippen LogP contribution in [0.25, 0.3) is 0 Å². The molecule has 0 saturated carbocycles. The maximum Gasteiger partial charge on any atom is 0.340 e. The molecule has 168 valence electrons. The van der Waals surface area contributed by atoms with E-state index < -0.39 is 22.6 Å². The Balaban J connectivity index is 2.13. The van der Waals surface area contributed by atoms with E-state index in [1.165, 1.54) is 16.4 Å². The average molecular weight is 439 g/mol. The number of ether oxygens (including phenoxy) is 1. The molecule has 0 aliphatic carbocycles. The third-order valence-corrected chi connectivity index (χ3v) is 6.85. The first-order valence-corrected chi connectivity index (χ1v) is 12.1. The fraction of sp³-hybridized carbons (Fsp3) is 0.636. The first-order valence-electron chi connectivity index (χ1n) is 10.7.